The molecule has 1 aliphatic rings. The molecule has 6 nitrogen and oxygen atoms in total. The van der Waals surface area contributed by atoms with Crippen LogP contribution in [0, 0.1) is 5.92 Å². The van der Waals surface area contributed by atoms with Crippen molar-refractivity contribution in [3.05, 3.63) is 65.6 Å². The molecule has 0 amide bonds. The summed E-state index contributed by atoms with van der Waals surface area (Å²) in [5, 5.41) is 1.22. The number of carbonyl (C=O) groups excluding carboxylic acids is 1. The smallest absolute Gasteiger partial charge is 0.314 e. The molecule has 0 aliphatic carbocycles. The van der Waals surface area contributed by atoms with Crippen molar-refractivity contribution in [2.24, 2.45) is 5.92 Å². The maximum absolute atomic E-state index is 12.5. The highest BCUT2D eigenvalue weighted by Crippen LogP contribution is 2.24. The normalized spacial score (nSPS) is 16.2. The molecule has 1 aliphatic heterocycles. The second kappa shape index (κ2) is 9.03. The van der Waals surface area contributed by atoms with Crippen molar-refractivity contribution in [2.75, 3.05) is 20.2 Å². The Morgan fingerprint density at radius 2 is 1.61 bits per heavy atom. The van der Waals surface area contributed by atoms with Gasteiger partial charge in [-0.2, -0.15) is 4.31 Å². The number of benzene rings is 2. The molecule has 2 aromatic rings. The minimum Gasteiger partial charge on any atom is -0.497 e. The molecule has 0 saturated carbocycles. The molecule has 2 aromatic carbocycles. The van der Waals surface area contributed by atoms with Crippen molar-refractivity contribution in [1.29, 1.82) is 0 Å². The summed E-state index contributed by atoms with van der Waals surface area (Å²) in [4.78, 5) is 12.4. The van der Waals surface area contributed by atoms with Crippen LogP contribution in [-0.2, 0) is 14.8 Å². The van der Waals surface area contributed by atoms with Crippen LogP contribution in [-0.4, -0.2) is 38.9 Å². The Morgan fingerprint density at radius 3 is 2.21 bits per heavy atom. The molecule has 0 aromatic heterocycles. The van der Waals surface area contributed by atoms with E-state index in [0.29, 0.717) is 37.4 Å². The highest BCUT2D eigenvalue weighted by molar-refractivity contribution is 7.92. The first kappa shape index (κ1) is 20.1. The zero-order valence-corrected chi connectivity index (χ0v) is 16.5. The van der Waals surface area contributed by atoms with Crippen molar-refractivity contribution >= 4 is 22.1 Å². The fourth-order valence-electron chi connectivity index (χ4n) is 3.00. The highest BCUT2D eigenvalue weighted by Gasteiger charge is 2.31. The van der Waals surface area contributed by atoms with Gasteiger partial charge in [-0.3, -0.25) is 4.79 Å². The molecule has 0 spiro atoms. The van der Waals surface area contributed by atoms with Crippen molar-refractivity contribution < 1.29 is 22.7 Å². The number of rotatable bonds is 6. The number of carbonyl (C=O) groups is 1. The van der Waals surface area contributed by atoms with Crippen LogP contribution in [0.4, 0.5) is 0 Å². The Labute approximate surface area is 165 Å². The first-order chi connectivity index (χ1) is 13.5. The molecule has 0 bridgehead atoms. The van der Waals surface area contributed by atoms with Gasteiger partial charge in [0.05, 0.1) is 13.0 Å². The first-order valence-electron chi connectivity index (χ1n) is 9.07. The average Bonchev–Trinajstić information content (AvgIpc) is 2.74. The van der Waals surface area contributed by atoms with Gasteiger partial charge in [-0.05, 0) is 48.7 Å². The summed E-state index contributed by atoms with van der Waals surface area (Å²) in [5.41, 5.74) is 0.823. The Morgan fingerprint density at radius 1 is 1.00 bits per heavy atom. The van der Waals surface area contributed by atoms with E-state index in [1.807, 2.05) is 30.3 Å². The summed E-state index contributed by atoms with van der Waals surface area (Å²) in [6.45, 7) is 0.591. The molecular weight excluding hydrogens is 378 g/mol. The van der Waals surface area contributed by atoms with Gasteiger partial charge in [0.15, 0.2) is 0 Å². The molecule has 0 radical (unpaired) electrons. The lowest BCUT2D eigenvalue weighted by Crippen LogP contribution is -2.40. The van der Waals surface area contributed by atoms with Crippen LogP contribution in [0.2, 0.25) is 0 Å². The third-order valence-corrected chi connectivity index (χ3v) is 6.22. The van der Waals surface area contributed by atoms with Crippen molar-refractivity contribution in [1.82, 2.24) is 4.31 Å². The van der Waals surface area contributed by atoms with Crippen LogP contribution in [0.1, 0.15) is 18.4 Å². The molecule has 1 heterocycles. The number of piperidine rings is 1. The lowest BCUT2D eigenvalue weighted by Gasteiger charge is -2.29. The fourth-order valence-corrected chi connectivity index (χ4v) is 4.23. The Bertz CT molecular complexity index is 915. The molecule has 0 N–H and O–H groups in total. The van der Waals surface area contributed by atoms with Gasteiger partial charge in [0.1, 0.15) is 11.5 Å². The summed E-state index contributed by atoms with van der Waals surface area (Å²) in [6, 6.07) is 16.0. The minimum absolute atomic E-state index is 0.295. The molecule has 28 heavy (non-hydrogen) atoms. The number of ether oxygens (including phenoxy) is 2. The SMILES string of the molecule is COc1ccc(OC(=O)C2CCN(S(=O)(=O)/C=C/c3ccccc3)CC2)cc1. The number of methoxy groups -OCH3 is 1. The number of hydrogen-bond donors (Lipinski definition) is 0. The maximum Gasteiger partial charge on any atom is 0.314 e. The van der Waals surface area contributed by atoms with E-state index in [-0.39, 0.29) is 11.9 Å². The third kappa shape index (κ3) is 5.21. The van der Waals surface area contributed by atoms with Crippen LogP contribution >= 0.6 is 0 Å². The van der Waals surface area contributed by atoms with Gasteiger partial charge in [-0.25, -0.2) is 8.42 Å². The van der Waals surface area contributed by atoms with Crippen LogP contribution in [0.3, 0.4) is 0 Å². The standard InChI is InChI=1S/C21H23NO5S/c1-26-19-7-9-20(10-8-19)27-21(23)18-11-14-22(15-12-18)28(24,25)16-13-17-5-3-2-4-6-17/h2-10,13,16,18H,11-12,14-15H2,1H3/b16-13+. The van der Waals surface area contributed by atoms with Crippen LogP contribution in [0.15, 0.2) is 60.0 Å². The van der Waals surface area contributed by atoms with Crippen LogP contribution in [0.5, 0.6) is 11.5 Å². The van der Waals surface area contributed by atoms with Gasteiger partial charge in [-0.1, -0.05) is 30.3 Å². The molecule has 1 fully saturated rings. The lowest BCUT2D eigenvalue weighted by molar-refractivity contribution is -0.140. The molecular formula is C21H23NO5S. The number of hydrogen-bond acceptors (Lipinski definition) is 5. The predicted octanol–water partition coefficient (Wildman–Crippen LogP) is 3.31. The van der Waals surface area contributed by atoms with Crippen LogP contribution < -0.4 is 9.47 Å². The molecule has 0 atom stereocenters. The lowest BCUT2D eigenvalue weighted by atomic mass is 9.98. The van der Waals surface area contributed by atoms with Gasteiger partial charge in [0, 0.05) is 18.5 Å². The van der Waals surface area contributed by atoms with E-state index in [9.17, 15) is 13.2 Å². The third-order valence-electron chi connectivity index (χ3n) is 4.66. The van der Waals surface area contributed by atoms with E-state index in [0.717, 1.165) is 5.56 Å². The topological polar surface area (TPSA) is 72.9 Å². The predicted molar refractivity (Wildman–Crippen MR) is 107 cm³/mol. The quantitative estimate of drug-likeness (QED) is 0.548. The molecule has 0 unspecified atom stereocenters. The average molecular weight is 401 g/mol. The fraction of sp³-hybridized carbons (Fsp3) is 0.286. The summed E-state index contributed by atoms with van der Waals surface area (Å²) in [5.74, 6) is 0.488. The van der Waals surface area contributed by atoms with Crippen molar-refractivity contribution in [3.63, 3.8) is 0 Å². The van der Waals surface area contributed by atoms with E-state index in [1.54, 1.807) is 37.5 Å². The van der Waals surface area contributed by atoms with Gasteiger partial charge >= 0.3 is 5.97 Å². The summed E-state index contributed by atoms with van der Waals surface area (Å²) in [6.07, 6.45) is 2.46. The number of nitrogens with zero attached hydrogens (tertiary/aromatic N) is 1. The minimum atomic E-state index is -3.51. The Hall–Kier alpha value is -2.64. The van der Waals surface area contributed by atoms with E-state index in [4.69, 9.17) is 9.47 Å². The van der Waals surface area contributed by atoms with Crippen molar-refractivity contribution in [2.45, 2.75) is 12.8 Å². The highest BCUT2D eigenvalue weighted by atomic mass is 32.2. The Balaban J connectivity index is 1.54. The Kier molecular flexibility index (Phi) is 6.49. The van der Waals surface area contributed by atoms with E-state index in [1.165, 1.54) is 9.71 Å². The van der Waals surface area contributed by atoms with Crippen molar-refractivity contribution in [3.8, 4) is 11.5 Å². The van der Waals surface area contributed by atoms with Gasteiger partial charge in [0.2, 0.25) is 10.0 Å². The second-order valence-corrected chi connectivity index (χ2v) is 8.35. The number of sulfonamides is 1. The van der Waals surface area contributed by atoms with E-state index >= 15 is 0 Å². The van der Waals surface area contributed by atoms with Gasteiger partial charge in [0.25, 0.3) is 0 Å². The zero-order chi connectivity index (χ0) is 20.0. The maximum atomic E-state index is 12.5. The molecule has 3 rings (SSSR count). The monoisotopic (exact) mass is 401 g/mol. The second-order valence-electron chi connectivity index (χ2n) is 6.53. The van der Waals surface area contributed by atoms with E-state index in [2.05, 4.69) is 0 Å². The molecule has 7 heteroatoms. The van der Waals surface area contributed by atoms with E-state index < -0.39 is 10.0 Å². The van der Waals surface area contributed by atoms with Crippen LogP contribution in [0.25, 0.3) is 6.08 Å². The largest absolute Gasteiger partial charge is 0.497 e. The summed E-state index contributed by atoms with van der Waals surface area (Å²) in [7, 11) is -1.94. The van der Waals surface area contributed by atoms with Gasteiger partial charge in [-0.15, -0.1) is 0 Å². The summed E-state index contributed by atoms with van der Waals surface area (Å²) >= 11 is 0. The summed E-state index contributed by atoms with van der Waals surface area (Å²) < 4.78 is 36.9. The number of esters is 1. The molecule has 148 valence electrons. The van der Waals surface area contributed by atoms with Gasteiger partial charge < -0.3 is 9.47 Å². The zero-order valence-electron chi connectivity index (χ0n) is 15.7. The molecule has 1 saturated heterocycles. The first-order valence-corrected chi connectivity index (χ1v) is 10.6.